The predicted octanol–water partition coefficient (Wildman–Crippen LogP) is 5.15. The van der Waals surface area contributed by atoms with Gasteiger partial charge in [-0.25, -0.2) is 5.48 Å². The molecule has 0 radical (unpaired) electrons. The molecule has 0 bridgehead atoms. The zero-order valence-electron chi connectivity index (χ0n) is 14.0. The van der Waals surface area contributed by atoms with E-state index in [4.69, 9.17) is 16.8 Å². The summed E-state index contributed by atoms with van der Waals surface area (Å²) in [5.41, 5.74) is 5.40. The first-order valence-electron chi connectivity index (χ1n) is 8.20. The number of hydrogen-bond acceptors (Lipinski definition) is 2. The lowest BCUT2D eigenvalue weighted by Crippen LogP contribution is -2.27. The van der Waals surface area contributed by atoms with E-state index in [0.717, 1.165) is 22.3 Å². The average molecular weight is 364 g/mol. The Kier molecular flexibility index (Phi) is 5.84. The summed E-state index contributed by atoms with van der Waals surface area (Å²) in [6.45, 7) is 0. The van der Waals surface area contributed by atoms with Gasteiger partial charge in [0.25, 0.3) is 5.91 Å². The summed E-state index contributed by atoms with van der Waals surface area (Å²) < 4.78 is 0. The Hall–Kier alpha value is -2.88. The lowest BCUT2D eigenvalue weighted by molar-refractivity contribution is -0.129. The summed E-state index contributed by atoms with van der Waals surface area (Å²) in [7, 11) is 0. The van der Waals surface area contributed by atoms with Crippen molar-refractivity contribution in [3.63, 3.8) is 0 Å². The highest BCUT2D eigenvalue weighted by Crippen LogP contribution is 2.26. The molecule has 3 nitrogen and oxygen atoms in total. The van der Waals surface area contributed by atoms with Crippen LogP contribution in [0.2, 0.25) is 5.02 Å². The van der Waals surface area contributed by atoms with Crippen LogP contribution >= 0.6 is 11.6 Å². The van der Waals surface area contributed by atoms with Gasteiger partial charge in [0.2, 0.25) is 0 Å². The number of hydrogen-bond donors (Lipinski definition) is 2. The lowest BCUT2D eigenvalue weighted by atomic mass is 9.89. The minimum atomic E-state index is -0.579. The van der Waals surface area contributed by atoms with Gasteiger partial charge in [-0.3, -0.25) is 10.0 Å². The smallest absolute Gasteiger partial charge is 0.255 e. The number of hydroxylamine groups is 1. The summed E-state index contributed by atoms with van der Waals surface area (Å²) >= 11 is 5.90. The third-order valence-electron chi connectivity index (χ3n) is 4.09. The van der Waals surface area contributed by atoms with Gasteiger partial charge < -0.3 is 0 Å². The number of carbonyl (C=O) groups excluding carboxylic acids is 1. The van der Waals surface area contributed by atoms with Gasteiger partial charge in [0, 0.05) is 5.02 Å². The molecule has 0 fully saturated rings. The number of nitrogens with one attached hydrogen (secondary N) is 1. The van der Waals surface area contributed by atoms with Crippen LogP contribution in [0.4, 0.5) is 0 Å². The first-order chi connectivity index (χ1) is 12.7. The van der Waals surface area contributed by atoms with E-state index in [-0.39, 0.29) is 0 Å². The summed E-state index contributed by atoms with van der Waals surface area (Å²) in [6.07, 6.45) is 3.96. The van der Waals surface area contributed by atoms with Crippen molar-refractivity contribution in [2.45, 2.75) is 5.92 Å². The molecule has 26 heavy (non-hydrogen) atoms. The normalized spacial score (nSPS) is 12.1. The third-order valence-corrected chi connectivity index (χ3v) is 4.34. The van der Waals surface area contributed by atoms with Gasteiger partial charge in [0.1, 0.15) is 0 Å². The van der Waals surface area contributed by atoms with Gasteiger partial charge in [0.05, 0.1) is 5.92 Å². The van der Waals surface area contributed by atoms with Crippen molar-refractivity contribution >= 4 is 29.7 Å². The molecule has 3 aromatic rings. The van der Waals surface area contributed by atoms with E-state index in [1.54, 1.807) is 5.48 Å². The largest absolute Gasteiger partial charge is 0.289 e. The van der Waals surface area contributed by atoms with Crippen LogP contribution in [0.15, 0.2) is 78.9 Å². The Morgan fingerprint density at radius 2 is 1.50 bits per heavy atom. The fourth-order valence-corrected chi connectivity index (χ4v) is 2.94. The highest BCUT2D eigenvalue weighted by Gasteiger charge is 2.22. The van der Waals surface area contributed by atoms with Gasteiger partial charge in [0.15, 0.2) is 0 Å². The van der Waals surface area contributed by atoms with E-state index in [9.17, 15) is 4.79 Å². The Labute approximate surface area is 157 Å². The first kappa shape index (κ1) is 17.9. The summed E-state index contributed by atoms with van der Waals surface area (Å²) in [4.78, 5) is 12.2. The van der Waals surface area contributed by atoms with Gasteiger partial charge in [-0.15, -0.1) is 0 Å². The van der Waals surface area contributed by atoms with Crippen LogP contribution in [0.25, 0.3) is 12.2 Å². The predicted molar refractivity (Wildman–Crippen MR) is 105 cm³/mol. The van der Waals surface area contributed by atoms with E-state index < -0.39 is 11.8 Å². The van der Waals surface area contributed by atoms with E-state index in [2.05, 4.69) is 0 Å². The van der Waals surface area contributed by atoms with Crippen LogP contribution in [0.3, 0.4) is 0 Å². The molecule has 1 unspecified atom stereocenters. The minimum Gasteiger partial charge on any atom is -0.289 e. The zero-order chi connectivity index (χ0) is 18.4. The van der Waals surface area contributed by atoms with Crippen LogP contribution in [-0.2, 0) is 4.79 Å². The van der Waals surface area contributed by atoms with E-state index in [1.807, 2.05) is 91.0 Å². The summed E-state index contributed by atoms with van der Waals surface area (Å²) in [5, 5.41) is 9.85. The number of amides is 1. The highest BCUT2D eigenvalue weighted by atomic mass is 35.5. The van der Waals surface area contributed by atoms with Crippen LogP contribution in [-0.4, -0.2) is 11.1 Å². The van der Waals surface area contributed by atoms with Gasteiger partial charge in [-0.1, -0.05) is 90.5 Å². The molecule has 2 N–H and O–H groups in total. The topological polar surface area (TPSA) is 49.3 Å². The Morgan fingerprint density at radius 3 is 2.19 bits per heavy atom. The maximum atomic E-state index is 12.2. The molecule has 1 atom stereocenters. The standard InChI is InChI=1S/C22H18ClNO2/c23-20-13-11-16(12-14-20)9-10-17-5-4-8-19(15-17)21(22(25)24-26)18-6-2-1-3-7-18/h1-15,21,26H,(H,24,25). The second-order valence-corrected chi connectivity index (χ2v) is 6.31. The van der Waals surface area contributed by atoms with Crippen molar-refractivity contribution in [3.8, 4) is 0 Å². The number of rotatable bonds is 5. The van der Waals surface area contributed by atoms with E-state index >= 15 is 0 Å². The second kappa shape index (κ2) is 8.48. The van der Waals surface area contributed by atoms with Crippen molar-refractivity contribution < 1.29 is 10.0 Å². The van der Waals surface area contributed by atoms with Crippen molar-refractivity contribution in [2.24, 2.45) is 0 Å². The quantitative estimate of drug-likeness (QED) is 0.374. The summed E-state index contributed by atoms with van der Waals surface area (Å²) in [6, 6.07) is 24.6. The Balaban J connectivity index is 1.91. The van der Waals surface area contributed by atoms with Gasteiger partial charge in [-0.05, 0) is 34.4 Å². The minimum absolute atomic E-state index is 0.463. The molecule has 1 amide bonds. The Bertz CT molecular complexity index is 905. The fourth-order valence-electron chi connectivity index (χ4n) is 2.81. The van der Waals surface area contributed by atoms with Crippen LogP contribution < -0.4 is 5.48 Å². The Morgan fingerprint density at radius 1 is 0.846 bits per heavy atom. The molecule has 0 aromatic heterocycles. The number of halogens is 1. The molecule has 0 aliphatic rings. The molecule has 3 rings (SSSR count). The lowest BCUT2D eigenvalue weighted by Gasteiger charge is -2.16. The average Bonchev–Trinajstić information content (AvgIpc) is 2.69. The van der Waals surface area contributed by atoms with Crippen LogP contribution in [0, 0.1) is 0 Å². The molecule has 0 spiro atoms. The van der Waals surface area contributed by atoms with Crippen molar-refractivity contribution in [1.29, 1.82) is 0 Å². The monoisotopic (exact) mass is 363 g/mol. The van der Waals surface area contributed by atoms with Crippen molar-refractivity contribution in [1.82, 2.24) is 5.48 Å². The molecule has 0 heterocycles. The first-order valence-corrected chi connectivity index (χ1v) is 8.57. The molecular weight excluding hydrogens is 346 g/mol. The molecule has 0 saturated carbocycles. The van der Waals surface area contributed by atoms with Crippen molar-refractivity contribution in [2.75, 3.05) is 0 Å². The molecule has 0 aliphatic heterocycles. The number of carbonyl (C=O) groups is 1. The fraction of sp³-hybridized carbons (Fsp3) is 0.0455. The second-order valence-electron chi connectivity index (χ2n) is 5.87. The van der Waals surface area contributed by atoms with Gasteiger partial charge >= 0.3 is 0 Å². The molecule has 0 aliphatic carbocycles. The van der Waals surface area contributed by atoms with E-state index in [0.29, 0.717) is 5.02 Å². The summed E-state index contributed by atoms with van der Waals surface area (Å²) in [5.74, 6) is -1.04. The molecule has 0 saturated heterocycles. The van der Waals surface area contributed by atoms with Crippen LogP contribution in [0.1, 0.15) is 28.2 Å². The molecule has 3 aromatic carbocycles. The molecule has 130 valence electrons. The van der Waals surface area contributed by atoms with Crippen LogP contribution in [0.5, 0.6) is 0 Å². The van der Waals surface area contributed by atoms with E-state index in [1.165, 1.54) is 0 Å². The molecular formula is C22H18ClNO2. The zero-order valence-corrected chi connectivity index (χ0v) is 14.7. The highest BCUT2D eigenvalue weighted by molar-refractivity contribution is 6.30. The van der Waals surface area contributed by atoms with Crippen molar-refractivity contribution in [3.05, 3.63) is 106 Å². The van der Waals surface area contributed by atoms with Gasteiger partial charge in [-0.2, -0.15) is 0 Å². The third kappa shape index (κ3) is 4.39. The maximum Gasteiger partial charge on any atom is 0.255 e. The SMILES string of the molecule is O=C(NO)C(c1ccccc1)c1cccc(C=Cc2ccc(Cl)cc2)c1. The maximum absolute atomic E-state index is 12.2. The molecule has 4 heteroatoms. The number of benzene rings is 3.